The molecular weight excluding hydrogens is 473 g/mol. The molecule has 1 N–H and O–H groups in total. The zero-order valence-corrected chi connectivity index (χ0v) is 18.0. The molecule has 8 nitrogen and oxygen atoms in total. The van der Waals surface area contributed by atoms with E-state index in [2.05, 4.69) is 10.3 Å². The fourth-order valence-electron chi connectivity index (χ4n) is 3.03. The molecule has 1 fully saturated rings. The van der Waals surface area contributed by atoms with Crippen LogP contribution in [0.5, 0.6) is 0 Å². The number of sulfonamides is 1. The lowest BCUT2D eigenvalue weighted by Crippen LogP contribution is -2.52. The summed E-state index contributed by atoms with van der Waals surface area (Å²) in [7, 11) is -4.00. The van der Waals surface area contributed by atoms with Crippen molar-refractivity contribution in [1.29, 1.82) is 0 Å². The van der Waals surface area contributed by atoms with E-state index in [1.165, 1.54) is 23.2 Å². The van der Waals surface area contributed by atoms with Gasteiger partial charge in [-0.3, -0.25) is 14.6 Å². The zero-order valence-electron chi connectivity index (χ0n) is 16.5. The minimum atomic E-state index is -4.56. The van der Waals surface area contributed by atoms with Gasteiger partial charge in [-0.2, -0.15) is 17.5 Å². The predicted molar refractivity (Wildman–Crippen MR) is 108 cm³/mol. The Morgan fingerprint density at radius 2 is 1.69 bits per heavy atom. The summed E-state index contributed by atoms with van der Waals surface area (Å²) < 4.78 is 64.5. The minimum Gasteiger partial charge on any atom is -0.342 e. The molecule has 0 spiro atoms. The molecule has 2 aromatic rings. The number of nitrogens with one attached hydrogen (secondary N) is 1. The Labute approximate surface area is 187 Å². The van der Waals surface area contributed by atoms with Gasteiger partial charge in [0.25, 0.3) is 5.91 Å². The van der Waals surface area contributed by atoms with Crippen molar-refractivity contribution in [3.8, 4) is 0 Å². The molecule has 13 heteroatoms. The second-order valence-electron chi connectivity index (χ2n) is 6.85. The lowest BCUT2D eigenvalue weighted by Gasteiger charge is -2.34. The maximum atomic E-state index is 12.7. The molecule has 1 aliphatic rings. The van der Waals surface area contributed by atoms with Crippen LogP contribution in [0.2, 0.25) is 5.02 Å². The highest BCUT2D eigenvalue weighted by Crippen LogP contribution is 2.30. The Kier molecular flexibility index (Phi) is 7.06. The number of pyridine rings is 1. The summed E-state index contributed by atoms with van der Waals surface area (Å²) in [6, 6.07) is 6.10. The van der Waals surface area contributed by atoms with Crippen molar-refractivity contribution in [2.75, 3.05) is 32.7 Å². The molecule has 1 aromatic carbocycles. The molecule has 0 saturated carbocycles. The Balaban J connectivity index is 1.54. The maximum Gasteiger partial charge on any atom is 0.416 e. The fourth-order valence-corrected chi connectivity index (χ4v) is 4.61. The van der Waals surface area contributed by atoms with Gasteiger partial charge >= 0.3 is 6.18 Å². The van der Waals surface area contributed by atoms with Crippen molar-refractivity contribution in [3.05, 3.63) is 58.9 Å². The maximum absolute atomic E-state index is 12.7. The van der Waals surface area contributed by atoms with Crippen LogP contribution in [0.3, 0.4) is 0 Å². The van der Waals surface area contributed by atoms with Gasteiger partial charge in [0.05, 0.1) is 17.0 Å². The van der Waals surface area contributed by atoms with E-state index in [-0.39, 0.29) is 43.3 Å². The summed E-state index contributed by atoms with van der Waals surface area (Å²) in [4.78, 5) is 29.4. The quantitative estimate of drug-likeness (QED) is 0.691. The molecule has 0 unspecified atom stereocenters. The van der Waals surface area contributed by atoms with Crippen LogP contribution in [-0.2, 0) is 21.0 Å². The van der Waals surface area contributed by atoms with Gasteiger partial charge in [-0.05, 0) is 36.4 Å². The molecule has 0 atom stereocenters. The second-order valence-corrected chi connectivity index (χ2v) is 9.22. The average Bonchev–Trinajstić information content (AvgIpc) is 2.76. The molecule has 172 valence electrons. The molecule has 32 heavy (non-hydrogen) atoms. The lowest BCUT2D eigenvalue weighted by atomic mass is 10.2. The number of amides is 2. The number of hydrogen-bond acceptors (Lipinski definition) is 5. The van der Waals surface area contributed by atoms with E-state index < -0.39 is 33.6 Å². The van der Waals surface area contributed by atoms with Crippen molar-refractivity contribution in [2.45, 2.75) is 11.1 Å². The van der Waals surface area contributed by atoms with Crippen molar-refractivity contribution >= 4 is 33.4 Å². The number of hydrogen-bond donors (Lipinski definition) is 1. The van der Waals surface area contributed by atoms with E-state index >= 15 is 0 Å². The van der Waals surface area contributed by atoms with Crippen molar-refractivity contribution in [2.24, 2.45) is 0 Å². The Morgan fingerprint density at radius 3 is 2.25 bits per heavy atom. The Hall–Kier alpha value is -2.70. The molecular formula is C19H18ClF3N4O4S. The third-order valence-electron chi connectivity index (χ3n) is 4.77. The highest BCUT2D eigenvalue weighted by atomic mass is 35.5. The normalized spacial score (nSPS) is 15.4. The van der Waals surface area contributed by atoms with Crippen molar-refractivity contribution in [3.63, 3.8) is 0 Å². The van der Waals surface area contributed by atoms with Gasteiger partial charge in [-0.25, -0.2) is 8.42 Å². The molecule has 0 radical (unpaired) electrons. The third-order valence-corrected chi connectivity index (χ3v) is 6.91. The monoisotopic (exact) mass is 490 g/mol. The molecule has 0 aliphatic carbocycles. The predicted octanol–water partition coefficient (Wildman–Crippen LogP) is 2.02. The van der Waals surface area contributed by atoms with Crippen LogP contribution >= 0.6 is 11.6 Å². The van der Waals surface area contributed by atoms with E-state index in [0.717, 1.165) is 16.4 Å². The van der Waals surface area contributed by atoms with Gasteiger partial charge in [-0.1, -0.05) is 11.6 Å². The van der Waals surface area contributed by atoms with Crippen LogP contribution in [0.15, 0.2) is 47.5 Å². The standard InChI is InChI=1S/C19H18ClF3N4O4S/c20-14-5-6-24-16(11-14)18(29)25-12-17(28)26-7-9-27(10-8-26)32(30,31)15-3-1-13(2-4-15)19(21,22)23/h1-6,11H,7-10,12H2,(H,25,29). The van der Waals surface area contributed by atoms with Crippen LogP contribution in [0, 0.1) is 0 Å². The molecule has 1 aliphatic heterocycles. The highest BCUT2D eigenvalue weighted by molar-refractivity contribution is 7.89. The number of piperazine rings is 1. The van der Waals surface area contributed by atoms with Gasteiger partial charge in [0, 0.05) is 37.4 Å². The highest BCUT2D eigenvalue weighted by Gasteiger charge is 2.33. The summed E-state index contributed by atoms with van der Waals surface area (Å²) in [6.45, 7) is -0.218. The van der Waals surface area contributed by atoms with Crippen molar-refractivity contribution in [1.82, 2.24) is 19.5 Å². The van der Waals surface area contributed by atoms with E-state index in [4.69, 9.17) is 11.6 Å². The van der Waals surface area contributed by atoms with Crippen LogP contribution in [-0.4, -0.2) is 67.1 Å². The van der Waals surface area contributed by atoms with Gasteiger partial charge in [0.15, 0.2) is 0 Å². The smallest absolute Gasteiger partial charge is 0.342 e. The first-order valence-corrected chi connectivity index (χ1v) is 11.2. The minimum absolute atomic E-state index is 0.0289. The van der Waals surface area contributed by atoms with E-state index in [1.807, 2.05) is 0 Å². The van der Waals surface area contributed by atoms with Crippen LogP contribution < -0.4 is 5.32 Å². The lowest BCUT2D eigenvalue weighted by molar-refractivity contribution is -0.137. The fraction of sp³-hybridized carbons (Fsp3) is 0.316. The first-order chi connectivity index (χ1) is 15.0. The molecule has 2 heterocycles. The third kappa shape index (κ3) is 5.56. The molecule has 0 bridgehead atoms. The van der Waals surface area contributed by atoms with Crippen LogP contribution in [0.4, 0.5) is 13.2 Å². The number of rotatable bonds is 5. The summed E-state index contributed by atoms with van der Waals surface area (Å²) in [6.07, 6.45) is -3.21. The summed E-state index contributed by atoms with van der Waals surface area (Å²) in [5.74, 6) is -0.990. The van der Waals surface area contributed by atoms with E-state index in [1.54, 1.807) is 0 Å². The van der Waals surface area contributed by atoms with E-state index in [9.17, 15) is 31.2 Å². The van der Waals surface area contributed by atoms with Gasteiger partial charge in [0.2, 0.25) is 15.9 Å². The topological polar surface area (TPSA) is 99.7 Å². The van der Waals surface area contributed by atoms with Crippen LogP contribution in [0.25, 0.3) is 0 Å². The number of benzene rings is 1. The van der Waals surface area contributed by atoms with Gasteiger partial charge in [0.1, 0.15) is 5.69 Å². The molecule has 1 saturated heterocycles. The number of halogens is 4. The van der Waals surface area contributed by atoms with Gasteiger partial charge < -0.3 is 10.2 Å². The number of alkyl halides is 3. The number of carbonyl (C=O) groups is 2. The number of carbonyl (C=O) groups excluding carboxylic acids is 2. The van der Waals surface area contributed by atoms with Crippen molar-refractivity contribution < 1.29 is 31.2 Å². The van der Waals surface area contributed by atoms with Gasteiger partial charge in [-0.15, -0.1) is 0 Å². The first kappa shape index (κ1) is 24.0. The zero-order chi connectivity index (χ0) is 23.5. The Bertz CT molecular complexity index is 1100. The second kappa shape index (κ2) is 9.43. The molecule has 3 rings (SSSR count). The first-order valence-electron chi connectivity index (χ1n) is 9.33. The average molecular weight is 491 g/mol. The van der Waals surface area contributed by atoms with Crippen LogP contribution in [0.1, 0.15) is 16.1 Å². The molecule has 1 aromatic heterocycles. The number of nitrogens with zero attached hydrogens (tertiary/aromatic N) is 3. The largest absolute Gasteiger partial charge is 0.416 e. The molecule has 2 amide bonds. The summed E-state index contributed by atoms with van der Waals surface area (Å²) in [5.41, 5.74) is -0.889. The SMILES string of the molecule is O=C(NCC(=O)N1CCN(S(=O)(=O)c2ccc(C(F)(F)F)cc2)CC1)c1cc(Cl)ccn1. The Morgan fingerprint density at radius 1 is 1.06 bits per heavy atom. The number of aromatic nitrogens is 1. The summed E-state index contributed by atoms with van der Waals surface area (Å²) in [5, 5.41) is 2.75. The summed E-state index contributed by atoms with van der Waals surface area (Å²) >= 11 is 5.80. The van der Waals surface area contributed by atoms with E-state index in [0.29, 0.717) is 17.2 Å².